The topological polar surface area (TPSA) is 62.7 Å². The number of hydrogen-bond donors (Lipinski definition) is 2. The fourth-order valence-corrected chi connectivity index (χ4v) is 4.25. The minimum absolute atomic E-state index is 0.0484. The number of aromatic amines is 1. The second-order valence-electron chi connectivity index (χ2n) is 8.05. The molecule has 0 saturated carbocycles. The van der Waals surface area contributed by atoms with Crippen molar-refractivity contribution in [2.45, 2.75) is 45.4 Å². The summed E-state index contributed by atoms with van der Waals surface area (Å²) in [6.07, 6.45) is 4.21. The van der Waals surface area contributed by atoms with Gasteiger partial charge in [0.15, 0.2) is 0 Å². The van der Waals surface area contributed by atoms with Crippen LogP contribution in [-0.2, 0) is 7.05 Å². The molecule has 0 bridgehead atoms. The Labute approximate surface area is 159 Å². The Morgan fingerprint density at radius 2 is 1.96 bits per heavy atom. The van der Waals surface area contributed by atoms with Crippen LogP contribution in [0, 0.1) is 6.92 Å². The molecule has 2 N–H and O–H groups in total. The fourth-order valence-electron chi connectivity index (χ4n) is 4.25. The van der Waals surface area contributed by atoms with Crippen LogP contribution >= 0.6 is 0 Å². The second-order valence-corrected chi connectivity index (χ2v) is 8.05. The van der Waals surface area contributed by atoms with Crippen molar-refractivity contribution in [2.24, 2.45) is 7.05 Å². The molecule has 0 aromatic carbocycles. The lowest BCUT2D eigenvalue weighted by molar-refractivity contribution is 0.454. The zero-order chi connectivity index (χ0) is 19.1. The molecular formula is C22H28N4O. The highest BCUT2D eigenvalue weighted by atomic mass is 16.1. The molecule has 0 radical (unpaired) electrons. The summed E-state index contributed by atoms with van der Waals surface area (Å²) in [6, 6.07) is 6.32. The average molecular weight is 364 g/mol. The SMILES string of the molecule is Cc1cc(-c2[nH]c3ccc(C4CCNCC4)nc3c2C(C)C)cn(C)c1=O. The third kappa shape index (κ3) is 3.21. The lowest BCUT2D eigenvalue weighted by atomic mass is 9.93. The van der Waals surface area contributed by atoms with Crippen molar-refractivity contribution in [1.82, 2.24) is 19.9 Å². The van der Waals surface area contributed by atoms with E-state index in [9.17, 15) is 4.79 Å². The summed E-state index contributed by atoms with van der Waals surface area (Å²) in [5.41, 5.74) is 7.50. The highest BCUT2D eigenvalue weighted by molar-refractivity contribution is 5.88. The van der Waals surface area contributed by atoms with Crippen molar-refractivity contribution in [1.29, 1.82) is 0 Å². The number of rotatable bonds is 3. The van der Waals surface area contributed by atoms with Crippen LogP contribution in [0.15, 0.2) is 29.2 Å². The number of aromatic nitrogens is 3. The van der Waals surface area contributed by atoms with Gasteiger partial charge in [-0.1, -0.05) is 13.8 Å². The van der Waals surface area contributed by atoms with Crippen LogP contribution in [0.2, 0.25) is 0 Å². The van der Waals surface area contributed by atoms with E-state index in [-0.39, 0.29) is 5.56 Å². The van der Waals surface area contributed by atoms with Gasteiger partial charge in [-0.25, -0.2) is 0 Å². The van der Waals surface area contributed by atoms with E-state index in [0.29, 0.717) is 11.8 Å². The molecule has 3 aromatic heterocycles. The van der Waals surface area contributed by atoms with Crippen LogP contribution in [0.5, 0.6) is 0 Å². The van der Waals surface area contributed by atoms with Crippen LogP contribution in [0.1, 0.15) is 55.3 Å². The molecule has 27 heavy (non-hydrogen) atoms. The van der Waals surface area contributed by atoms with Gasteiger partial charge in [-0.15, -0.1) is 0 Å². The maximum atomic E-state index is 12.1. The van der Waals surface area contributed by atoms with Gasteiger partial charge in [-0.3, -0.25) is 9.78 Å². The summed E-state index contributed by atoms with van der Waals surface area (Å²) in [4.78, 5) is 20.8. The first-order valence-corrected chi connectivity index (χ1v) is 9.86. The standard InChI is InChI=1S/C22H28N4O/c1-13(2)19-20(16-11-14(3)22(27)26(4)12-16)25-18-6-5-17(24-21(18)19)15-7-9-23-10-8-15/h5-6,11-13,15,23,25H,7-10H2,1-4H3. The molecule has 142 valence electrons. The first-order chi connectivity index (χ1) is 13.0. The van der Waals surface area contributed by atoms with Gasteiger partial charge in [0.05, 0.1) is 16.7 Å². The Kier molecular flexibility index (Phi) is 4.64. The van der Waals surface area contributed by atoms with Gasteiger partial charge in [0.2, 0.25) is 0 Å². The summed E-state index contributed by atoms with van der Waals surface area (Å²) in [6.45, 7) is 8.42. The van der Waals surface area contributed by atoms with Crippen molar-refractivity contribution >= 4 is 11.0 Å². The van der Waals surface area contributed by atoms with Gasteiger partial charge in [-0.2, -0.15) is 0 Å². The third-order valence-electron chi connectivity index (χ3n) is 5.69. The number of piperidine rings is 1. The van der Waals surface area contributed by atoms with Crippen molar-refractivity contribution in [3.8, 4) is 11.3 Å². The minimum atomic E-state index is 0.0484. The van der Waals surface area contributed by atoms with Crippen molar-refractivity contribution < 1.29 is 0 Å². The van der Waals surface area contributed by atoms with E-state index in [2.05, 4.69) is 36.3 Å². The molecule has 0 spiro atoms. The lowest BCUT2D eigenvalue weighted by Gasteiger charge is -2.22. The van der Waals surface area contributed by atoms with Crippen LogP contribution < -0.4 is 10.9 Å². The molecule has 0 amide bonds. The molecule has 4 heterocycles. The largest absolute Gasteiger partial charge is 0.353 e. The van der Waals surface area contributed by atoms with E-state index in [0.717, 1.165) is 53.8 Å². The van der Waals surface area contributed by atoms with Crippen LogP contribution in [0.3, 0.4) is 0 Å². The molecular weight excluding hydrogens is 336 g/mol. The van der Waals surface area contributed by atoms with Crippen LogP contribution in [0.4, 0.5) is 0 Å². The molecule has 0 unspecified atom stereocenters. The zero-order valence-corrected chi connectivity index (χ0v) is 16.6. The van der Waals surface area contributed by atoms with E-state index >= 15 is 0 Å². The number of nitrogens with zero attached hydrogens (tertiary/aromatic N) is 2. The first-order valence-electron chi connectivity index (χ1n) is 9.86. The summed E-state index contributed by atoms with van der Waals surface area (Å²) >= 11 is 0. The Hall–Kier alpha value is -2.40. The molecule has 5 heteroatoms. The van der Waals surface area contributed by atoms with Gasteiger partial charge in [0.25, 0.3) is 5.56 Å². The smallest absolute Gasteiger partial charge is 0.253 e. The van der Waals surface area contributed by atoms with Gasteiger partial charge < -0.3 is 14.9 Å². The third-order valence-corrected chi connectivity index (χ3v) is 5.69. The van der Waals surface area contributed by atoms with Crippen molar-refractivity contribution in [2.75, 3.05) is 13.1 Å². The second kappa shape index (κ2) is 6.97. The fraction of sp³-hybridized carbons (Fsp3) is 0.455. The van der Waals surface area contributed by atoms with E-state index in [1.54, 1.807) is 4.57 Å². The number of hydrogen-bond acceptors (Lipinski definition) is 3. The Morgan fingerprint density at radius 1 is 1.22 bits per heavy atom. The normalized spacial score (nSPS) is 15.7. The predicted molar refractivity (Wildman–Crippen MR) is 110 cm³/mol. The summed E-state index contributed by atoms with van der Waals surface area (Å²) < 4.78 is 1.66. The monoisotopic (exact) mass is 364 g/mol. The molecule has 0 atom stereocenters. The lowest BCUT2D eigenvalue weighted by Crippen LogP contribution is -2.27. The summed E-state index contributed by atoms with van der Waals surface area (Å²) in [5.74, 6) is 0.871. The number of fused-ring (bicyclic) bond motifs is 1. The van der Waals surface area contributed by atoms with Gasteiger partial charge in [0, 0.05) is 41.5 Å². The highest BCUT2D eigenvalue weighted by Gasteiger charge is 2.21. The predicted octanol–water partition coefficient (Wildman–Crippen LogP) is 3.83. The molecule has 1 aliphatic heterocycles. The van der Waals surface area contributed by atoms with E-state index < -0.39 is 0 Å². The number of nitrogens with one attached hydrogen (secondary N) is 2. The number of H-pyrrole nitrogens is 1. The maximum Gasteiger partial charge on any atom is 0.253 e. The highest BCUT2D eigenvalue weighted by Crippen LogP contribution is 2.36. The molecule has 4 rings (SSSR count). The Morgan fingerprint density at radius 3 is 2.63 bits per heavy atom. The van der Waals surface area contributed by atoms with Gasteiger partial charge in [0.1, 0.15) is 0 Å². The molecule has 1 fully saturated rings. The Bertz CT molecular complexity index is 1010. The van der Waals surface area contributed by atoms with Crippen molar-refractivity contribution in [3.05, 3.63) is 51.6 Å². The first kappa shape index (κ1) is 18.0. The molecule has 1 saturated heterocycles. The molecule has 5 nitrogen and oxygen atoms in total. The minimum Gasteiger partial charge on any atom is -0.353 e. The number of aryl methyl sites for hydroxylation is 2. The van der Waals surface area contributed by atoms with E-state index in [1.165, 1.54) is 11.3 Å². The van der Waals surface area contributed by atoms with Crippen molar-refractivity contribution in [3.63, 3.8) is 0 Å². The average Bonchev–Trinajstić information content (AvgIpc) is 3.05. The molecule has 1 aliphatic rings. The van der Waals surface area contributed by atoms with Crippen LogP contribution in [-0.4, -0.2) is 27.6 Å². The molecule has 3 aromatic rings. The van der Waals surface area contributed by atoms with Gasteiger partial charge >= 0.3 is 0 Å². The van der Waals surface area contributed by atoms with Gasteiger partial charge in [-0.05, 0) is 57.0 Å². The summed E-state index contributed by atoms with van der Waals surface area (Å²) in [5, 5.41) is 3.43. The Balaban J connectivity index is 1.88. The van der Waals surface area contributed by atoms with Crippen LogP contribution in [0.25, 0.3) is 22.3 Å². The zero-order valence-electron chi connectivity index (χ0n) is 16.6. The quantitative estimate of drug-likeness (QED) is 0.742. The molecule has 0 aliphatic carbocycles. The van der Waals surface area contributed by atoms with E-state index in [1.807, 2.05) is 26.2 Å². The van der Waals surface area contributed by atoms with E-state index in [4.69, 9.17) is 4.98 Å². The maximum absolute atomic E-state index is 12.1. The number of pyridine rings is 2. The summed E-state index contributed by atoms with van der Waals surface area (Å²) in [7, 11) is 1.81.